The molecule has 0 aromatic heterocycles. The molecule has 1 aliphatic rings. The van der Waals surface area contributed by atoms with Gasteiger partial charge >= 0.3 is 6.09 Å². The van der Waals surface area contributed by atoms with Gasteiger partial charge in [0.2, 0.25) is 0 Å². The van der Waals surface area contributed by atoms with Gasteiger partial charge in [0.25, 0.3) is 5.91 Å². The summed E-state index contributed by atoms with van der Waals surface area (Å²) in [6, 6.07) is 25.4. The topological polar surface area (TPSA) is 61.9 Å². The van der Waals surface area contributed by atoms with Crippen LogP contribution in [0.5, 0.6) is 0 Å². The van der Waals surface area contributed by atoms with Crippen molar-refractivity contribution in [2.45, 2.75) is 44.1 Å². The molecule has 6 nitrogen and oxygen atoms in total. The predicted molar refractivity (Wildman–Crippen MR) is 166 cm³/mol. The molecule has 1 N–H and O–H groups in total. The molecule has 3 aromatic rings. The van der Waals surface area contributed by atoms with Crippen LogP contribution in [0.3, 0.4) is 0 Å². The number of amides is 2. The van der Waals surface area contributed by atoms with E-state index in [2.05, 4.69) is 22.3 Å². The number of carbonyl (C=O) groups excluding carboxylic acids is 2. The molecule has 218 valence electrons. The first-order valence-electron chi connectivity index (χ1n) is 14.3. The number of halogens is 2. The summed E-state index contributed by atoms with van der Waals surface area (Å²) in [6.07, 6.45) is 2.90. The third kappa shape index (κ3) is 8.71. The van der Waals surface area contributed by atoms with Crippen molar-refractivity contribution in [2.75, 3.05) is 39.8 Å². The fourth-order valence-corrected chi connectivity index (χ4v) is 5.91. The van der Waals surface area contributed by atoms with E-state index in [1.54, 1.807) is 4.90 Å². The molecule has 0 radical (unpaired) electrons. The zero-order valence-corrected chi connectivity index (χ0v) is 25.3. The van der Waals surface area contributed by atoms with E-state index >= 15 is 0 Å². The van der Waals surface area contributed by atoms with Gasteiger partial charge in [-0.2, -0.15) is 0 Å². The lowest BCUT2D eigenvalue weighted by molar-refractivity contribution is 0.0776. The van der Waals surface area contributed by atoms with Crippen molar-refractivity contribution >= 4 is 35.2 Å². The Balaban J connectivity index is 1.43. The molecule has 1 saturated heterocycles. The number of hydrogen-bond donors (Lipinski definition) is 1. The van der Waals surface area contributed by atoms with Crippen LogP contribution in [0.25, 0.3) is 0 Å². The summed E-state index contributed by atoms with van der Waals surface area (Å²) in [5.41, 5.74) is 2.58. The molecule has 1 atom stereocenters. The van der Waals surface area contributed by atoms with Gasteiger partial charge in [-0.1, -0.05) is 77.8 Å². The van der Waals surface area contributed by atoms with Crippen molar-refractivity contribution in [1.82, 2.24) is 15.1 Å². The Labute approximate surface area is 253 Å². The molecule has 0 aliphatic carbocycles. The maximum absolute atomic E-state index is 13.1. The highest BCUT2D eigenvalue weighted by atomic mass is 35.5. The van der Waals surface area contributed by atoms with Crippen molar-refractivity contribution < 1.29 is 14.3 Å². The van der Waals surface area contributed by atoms with Gasteiger partial charge in [0.05, 0.1) is 16.7 Å². The summed E-state index contributed by atoms with van der Waals surface area (Å²) < 4.78 is 5.25. The number of alkyl carbamates (subject to hydrolysis) is 1. The number of piperidine rings is 1. The minimum absolute atomic E-state index is 0.00984. The molecule has 0 spiro atoms. The van der Waals surface area contributed by atoms with E-state index < -0.39 is 0 Å². The van der Waals surface area contributed by atoms with Gasteiger partial charge in [0.15, 0.2) is 0 Å². The second-order valence-corrected chi connectivity index (χ2v) is 11.7. The lowest BCUT2D eigenvalue weighted by atomic mass is 9.81. The van der Waals surface area contributed by atoms with Crippen molar-refractivity contribution in [3.05, 3.63) is 106 Å². The normalized spacial score (nSPS) is 15.6. The van der Waals surface area contributed by atoms with E-state index in [4.69, 9.17) is 27.9 Å². The van der Waals surface area contributed by atoms with Crippen molar-refractivity contribution in [3.8, 4) is 0 Å². The molecule has 1 unspecified atom stereocenters. The van der Waals surface area contributed by atoms with Crippen molar-refractivity contribution in [3.63, 3.8) is 0 Å². The largest absolute Gasteiger partial charge is 0.450 e. The van der Waals surface area contributed by atoms with Crippen LogP contribution in [0.1, 0.15) is 53.6 Å². The molecule has 8 heteroatoms. The average molecular weight is 597 g/mol. The zero-order chi connectivity index (χ0) is 29.2. The Bertz CT molecular complexity index is 1280. The number of ether oxygens (including phenoxy) is 1. The summed E-state index contributed by atoms with van der Waals surface area (Å²) in [5, 5.41) is 4.23. The first kappa shape index (κ1) is 30.9. The molecule has 1 aliphatic heterocycles. The number of carbonyl (C=O) groups is 2. The van der Waals surface area contributed by atoms with Crippen LogP contribution in [-0.2, 0) is 11.2 Å². The van der Waals surface area contributed by atoms with Gasteiger partial charge < -0.3 is 19.9 Å². The van der Waals surface area contributed by atoms with E-state index in [-0.39, 0.29) is 23.5 Å². The Morgan fingerprint density at radius 1 is 0.976 bits per heavy atom. The number of nitrogens with one attached hydrogen (secondary N) is 1. The Kier molecular flexibility index (Phi) is 11.1. The van der Waals surface area contributed by atoms with E-state index in [9.17, 15) is 9.59 Å². The Morgan fingerprint density at radius 3 is 2.27 bits per heavy atom. The lowest BCUT2D eigenvalue weighted by Crippen LogP contribution is -2.56. The molecule has 0 bridgehead atoms. The minimum Gasteiger partial charge on any atom is -0.450 e. The third-order valence-electron chi connectivity index (χ3n) is 7.91. The van der Waals surface area contributed by atoms with Gasteiger partial charge in [0.1, 0.15) is 0 Å². The summed E-state index contributed by atoms with van der Waals surface area (Å²) in [6.45, 7) is 5.29. The van der Waals surface area contributed by atoms with E-state index in [1.807, 2.05) is 80.7 Å². The van der Waals surface area contributed by atoms with Crippen molar-refractivity contribution in [2.24, 2.45) is 0 Å². The molecular weight excluding hydrogens is 557 g/mol. The number of likely N-dealkylation sites (tertiary alicyclic amines) is 1. The monoisotopic (exact) mass is 595 g/mol. The molecule has 2 amide bonds. The second kappa shape index (κ2) is 14.7. The van der Waals surface area contributed by atoms with E-state index in [1.165, 1.54) is 5.56 Å². The Morgan fingerprint density at radius 2 is 1.63 bits per heavy atom. The highest BCUT2D eigenvalue weighted by Gasteiger charge is 2.37. The molecule has 1 fully saturated rings. The number of hydrogen-bond acceptors (Lipinski definition) is 4. The fourth-order valence-electron chi connectivity index (χ4n) is 5.60. The van der Waals surface area contributed by atoms with Crippen LogP contribution in [0, 0.1) is 0 Å². The predicted octanol–water partition coefficient (Wildman–Crippen LogP) is 7.06. The van der Waals surface area contributed by atoms with Crippen LogP contribution in [0.4, 0.5) is 4.79 Å². The standard InChI is InChI=1S/C33H39Cl2N3O3/c1-3-41-32(40)36-33(23-25-10-6-4-7-11-25)17-20-38(21-18-33)19-16-28(27-14-15-29(34)30(35)22-27)24-37(2)31(39)26-12-8-5-9-13-26/h4-15,22,28H,3,16-21,23-24H2,1-2H3,(H,36,40). The molecule has 1 heterocycles. The fraction of sp³-hybridized carbons (Fsp3) is 0.394. The van der Waals surface area contributed by atoms with Crippen LogP contribution >= 0.6 is 23.2 Å². The summed E-state index contributed by atoms with van der Waals surface area (Å²) >= 11 is 12.6. The minimum atomic E-state index is -0.359. The summed E-state index contributed by atoms with van der Waals surface area (Å²) in [7, 11) is 1.85. The van der Waals surface area contributed by atoms with Crippen molar-refractivity contribution in [1.29, 1.82) is 0 Å². The SMILES string of the molecule is CCOC(=O)NC1(Cc2ccccc2)CCN(CCC(CN(C)C(=O)c2ccccc2)c2ccc(Cl)c(Cl)c2)CC1. The maximum atomic E-state index is 13.1. The first-order chi connectivity index (χ1) is 19.8. The Hall–Kier alpha value is -3.06. The third-order valence-corrected chi connectivity index (χ3v) is 8.65. The van der Waals surface area contributed by atoms with Crippen LogP contribution in [-0.4, -0.2) is 67.2 Å². The molecule has 0 saturated carbocycles. The number of likely N-dealkylation sites (N-methyl/N-ethyl adjacent to an activating group) is 1. The quantitative estimate of drug-likeness (QED) is 0.258. The number of nitrogens with zero attached hydrogens (tertiary/aromatic N) is 2. The first-order valence-corrected chi connectivity index (χ1v) is 15.0. The van der Waals surface area contributed by atoms with Gasteiger partial charge in [0, 0.05) is 43.7 Å². The number of benzene rings is 3. The zero-order valence-electron chi connectivity index (χ0n) is 23.8. The second-order valence-electron chi connectivity index (χ2n) is 10.8. The van der Waals surface area contributed by atoms with Gasteiger partial charge in [-0.25, -0.2) is 4.79 Å². The highest BCUT2D eigenvalue weighted by Crippen LogP contribution is 2.31. The van der Waals surface area contributed by atoms with Crippen LogP contribution < -0.4 is 5.32 Å². The van der Waals surface area contributed by atoms with Gasteiger partial charge in [-0.15, -0.1) is 0 Å². The molecule has 3 aromatic carbocycles. The lowest BCUT2D eigenvalue weighted by Gasteiger charge is -2.42. The smallest absolute Gasteiger partial charge is 0.407 e. The van der Waals surface area contributed by atoms with Crippen LogP contribution in [0.2, 0.25) is 10.0 Å². The number of rotatable bonds is 11. The average Bonchev–Trinajstić information content (AvgIpc) is 2.98. The molecular formula is C33H39Cl2N3O3. The van der Waals surface area contributed by atoms with Gasteiger partial charge in [-0.3, -0.25) is 4.79 Å². The summed E-state index contributed by atoms with van der Waals surface area (Å²) in [4.78, 5) is 29.8. The molecule has 4 rings (SSSR count). The van der Waals surface area contributed by atoms with Gasteiger partial charge in [-0.05, 0) is 74.5 Å². The molecule has 41 heavy (non-hydrogen) atoms. The summed E-state index contributed by atoms with van der Waals surface area (Å²) in [5.74, 6) is 0.0699. The van der Waals surface area contributed by atoms with E-state index in [0.717, 1.165) is 50.9 Å². The highest BCUT2D eigenvalue weighted by molar-refractivity contribution is 6.42. The van der Waals surface area contributed by atoms with Crippen LogP contribution in [0.15, 0.2) is 78.9 Å². The van der Waals surface area contributed by atoms with E-state index in [0.29, 0.717) is 28.8 Å². The maximum Gasteiger partial charge on any atom is 0.407 e.